The molecule has 23 heavy (non-hydrogen) atoms. The third-order valence-electron chi connectivity index (χ3n) is 3.74. The summed E-state index contributed by atoms with van der Waals surface area (Å²) in [6, 6.07) is 10.4. The summed E-state index contributed by atoms with van der Waals surface area (Å²) < 4.78 is 13.6. The van der Waals surface area contributed by atoms with Crippen LogP contribution in [0.5, 0.6) is 0 Å². The van der Waals surface area contributed by atoms with Crippen molar-refractivity contribution in [3.8, 4) is 11.6 Å². The monoisotopic (exact) mass is 313 g/mol. The summed E-state index contributed by atoms with van der Waals surface area (Å²) in [6.07, 6.45) is 0.798. The molecule has 2 heterocycles. The van der Waals surface area contributed by atoms with Crippen molar-refractivity contribution in [2.45, 2.75) is 33.7 Å². The number of nitrogens with zero attached hydrogens (tertiary/aromatic N) is 3. The van der Waals surface area contributed by atoms with Gasteiger partial charge in [0, 0.05) is 30.5 Å². The molecule has 122 valence electrons. The third-order valence-corrected chi connectivity index (χ3v) is 3.74. The highest BCUT2D eigenvalue weighted by molar-refractivity contribution is 5.85. The molecule has 3 aromatic rings. The van der Waals surface area contributed by atoms with Gasteiger partial charge in [-0.25, -0.2) is 0 Å². The maximum Gasteiger partial charge on any atom is 0.264 e. The summed E-state index contributed by atoms with van der Waals surface area (Å²) in [5.74, 6) is 1.76. The molecular weight excluding hydrogens is 290 g/mol. The molecule has 1 aromatic carbocycles. The van der Waals surface area contributed by atoms with E-state index >= 15 is 0 Å². The zero-order valence-corrected chi connectivity index (χ0v) is 14.0. The van der Waals surface area contributed by atoms with Gasteiger partial charge in [-0.3, -0.25) is 0 Å². The first-order valence-corrected chi connectivity index (χ1v) is 8.17. The Morgan fingerprint density at radius 2 is 2.04 bits per heavy atom. The summed E-state index contributed by atoms with van der Waals surface area (Å²) in [5.41, 5.74) is 2.11. The van der Waals surface area contributed by atoms with Crippen LogP contribution >= 0.6 is 0 Å². The fraction of sp³-hybridized carbons (Fsp3) is 0.444. The van der Waals surface area contributed by atoms with Gasteiger partial charge in [-0.2, -0.15) is 0 Å². The van der Waals surface area contributed by atoms with E-state index < -0.39 is 0 Å². The summed E-state index contributed by atoms with van der Waals surface area (Å²) in [6.45, 7) is 8.43. The fourth-order valence-corrected chi connectivity index (χ4v) is 2.72. The molecule has 0 amide bonds. The Balaban J connectivity index is 1.98. The van der Waals surface area contributed by atoms with Crippen molar-refractivity contribution in [2.24, 2.45) is 5.92 Å². The van der Waals surface area contributed by atoms with E-state index in [0.717, 1.165) is 24.2 Å². The molecule has 0 saturated carbocycles. The highest BCUT2D eigenvalue weighted by Gasteiger charge is 2.16. The minimum atomic E-state index is 0.493. The lowest BCUT2D eigenvalue weighted by molar-refractivity contribution is 0.140. The average Bonchev–Trinajstić information content (AvgIpc) is 3.12. The van der Waals surface area contributed by atoms with E-state index in [1.807, 2.05) is 19.1 Å². The van der Waals surface area contributed by atoms with Crippen LogP contribution in [0.15, 0.2) is 34.7 Å². The normalized spacial score (nSPS) is 11.7. The number of fused-ring (bicyclic) bond motifs is 1. The van der Waals surface area contributed by atoms with Gasteiger partial charge in [0.15, 0.2) is 0 Å². The fourth-order valence-electron chi connectivity index (χ4n) is 2.72. The third kappa shape index (κ3) is 3.45. The molecule has 0 aliphatic carbocycles. The molecule has 0 radical (unpaired) electrons. The van der Waals surface area contributed by atoms with E-state index in [9.17, 15) is 0 Å². The molecule has 5 heteroatoms. The van der Waals surface area contributed by atoms with Crippen molar-refractivity contribution in [1.29, 1.82) is 0 Å². The van der Waals surface area contributed by atoms with E-state index in [0.29, 0.717) is 30.9 Å². The number of para-hydroxylation sites is 1. The van der Waals surface area contributed by atoms with E-state index in [1.165, 1.54) is 5.39 Å². The van der Waals surface area contributed by atoms with Crippen LogP contribution in [0.3, 0.4) is 0 Å². The Morgan fingerprint density at radius 1 is 1.22 bits per heavy atom. The van der Waals surface area contributed by atoms with Crippen LogP contribution in [-0.2, 0) is 17.7 Å². The molecule has 3 rings (SSSR count). The number of rotatable bonds is 7. The quantitative estimate of drug-likeness (QED) is 0.620. The molecule has 0 bridgehead atoms. The predicted molar refractivity (Wildman–Crippen MR) is 90.3 cm³/mol. The van der Waals surface area contributed by atoms with Crippen molar-refractivity contribution in [1.82, 2.24) is 14.8 Å². The van der Waals surface area contributed by atoms with Gasteiger partial charge in [-0.15, -0.1) is 10.2 Å². The topological polar surface area (TPSA) is 53.1 Å². The van der Waals surface area contributed by atoms with Gasteiger partial charge in [-0.05, 0) is 25.0 Å². The zero-order valence-electron chi connectivity index (χ0n) is 14.0. The van der Waals surface area contributed by atoms with E-state index in [4.69, 9.17) is 9.15 Å². The Hall–Kier alpha value is -2.14. The first-order chi connectivity index (χ1) is 11.2. The summed E-state index contributed by atoms with van der Waals surface area (Å²) in [5, 5.41) is 9.59. The lowest BCUT2D eigenvalue weighted by atomic mass is 10.1. The minimum Gasteiger partial charge on any atom is -0.419 e. The summed E-state index contributed by atoms with van der Waals surface area (Å²) in [4.78, 5) is 0. The van der Waals surface area contributed by atoms with Gasteiger partial charge in [0.2, 0.25) is 5.89 Å². The number of ether oxygens (including phenoxy) is 1. The first kappa shape index (κ1) is 15.7. The van der Waals surface area contributed by atoms with Gasteiger partial charge in [0.05, 0.1) is 6.61 Å². The smallest absolute Gasteiger partial charge is 0.264 e. The zero-order chi connectivity index (χ0) is 16.2. The minimum absolute atomic E-state index is 0.493. The highest BCUT2D eigenvalue weighted by Crippen LogP contribution is 2.27. The van der Waals surface area contributed by atoms with Gasteiger partial charge >= 0.3 is 0 Å². The van der Waals surface area contributed by atoms with E-state index in [2.05, 4.69) is 46.8 Å². The number of hydrogen-bond donors (Lipinski definition) is 0. The van der Waals surface area contributed by atoms with Crippen molar-refractivity contribution in [2.75, 3.05) is 13.2 Å². The van der Waals surface area contributed by atoms with Crippen molar-refractivity contribution < 1.29 is 9.15 Å². The van der Waals surface area contributed by atoms with Crippen LogP contribution in [0.4, 0.5) is 0 Å². The van der Waals surface area contributed by atoms with Crippen LogP contribution < -0.4 is 0 Å². The molecule has 0 spiro atoms. The van der Waals surface area contributed by atoms with Crippen LogP contribution in [0, 0.1) is 5.92 Å². The lowest BCUT2D eigenvalue weighted by Crippen LogP contribution is -2.07. The molecule has 0 aliphatic rings. The molecule has 0 atom stereocenters. The average molecular weight is 313 g/mol. The SMILES string of the molecule is CCOCCn1c(-c2nnc(CC(C)C)o2)cc2ccccc21. The predicted octanol–water partition coefficient (Wildman–Crippen LogP) is 3.93. The van der Waals surface area contributed by atoms with Crippen molar-refractivity contribution >= 4 is 10.9 Å². The molecule has 0 N–H and O–H groups in total. The molecule has 0 fully saturated rings. The highest BCUT2D eigenvalue weighted by atomic mass is 16.5. The van der Waals surface area contributed by atoms with Crippen LogP contribution in [0.2, 0.25) is 0 Å². The largest absolute Gasteiger partial charge is 0.419 e. The van der Waals surface area contributed by atoms with E-state index in [-0.39, 0.29) is 0 Å². The number of benzene rings is 1. The Kier molecular flexibility index (Phi) is 4.76. The molecule has 2 aromatic heterocycles. The summed E-state index contributed by atoms with van der Waals surface area (Å²) in [7, 11) is 0. The van der Waals surface area contributed by atoms with Crippen LogP contribution in [-0.4, -0.2) is 28.0 Å². The molecule has 0 saturated heterocycles. The van der Waals surface area contributed by atoms with Crippen LogP contribution in [0.1, 0.15) is 26.7 Å². The Morgan fingerprint density at radius 3 is 2.83 bits per heavy atom. The maximum absolute atomic E-state index is 5.87. The second-order valence-corrected chi connectivity index (χ2v) is 6.04. The van der Waals surface area contributed by atoms with Crippen molar-refractivity contribution in [3.05, 3.63) is 36.2 Å². The van der Waals surface area contributed by atoms with Crippen molar-refractivity contribution in [3.63, 3.8) is 0 Å². The lowest BCUT2D eigenvalue weighted by Gasteiger charge is -2.08. The van der Waals surface area contributed by atoms with Gasteiger partial charge < -0.3 is 13.7 Å². The first-order valence-electron chi connectivity index (χ1n) is 8.17. The molecule has 0 aliphatic heterocycles. The van der Waals surface area contributed by atoms with Crippen LogP contribution in [0.25, 0.3) is 22.5 Å². The second kappa shape index (κ2) is 6.96. The van der Waals surface area contributed by atoms with Gasteiger partial charge in [0.1, 0.15) is 5.69 Å². The summed E-state index contributed by atoms with van der Waals surface area (Å²) >= 11 is 0. The molecule has 0 unspecified atom stereocenters. The van der Waals surface area contributed by atoms with Gasteiger partial charge in [0.25, 0.3) is 5.89 Å². The maximum atomic E-state index is 5.87. The van der Waals surface area contributed by atoms with E-state index in [1.54, 1.807) is 0 Å². The second-order valence-electron chi connectivity index (χ2n) is 6.04. The molecule has 5 nitrogen and oxygen atoms in total. The molecular formula is C18H23N3O2. The Labute approximate surface area is 136 Å². The number of hydrogen-bond acceptors (Lipinski definition) is 4. The standard InChI is InChI=1S/C18H23N3O2/c1-4-22-10-9-21-15-8-6-5-7-14(15)12-16(21)18-20-19-17(23-18)11-13(2)3/h5-8,12-13H,4,9-11H2,1-3H3. The van der Waals surface area contributed by atoms with Gasteiger partial charge in [-0.1, -0.05) is 32.0 Å². The Bertz CT molecular complexity index is 774. The number of aromatic nitrogens is 3.